The van der Waals surface area contributed by atoms with Crippen LogP contribution in [-0.2, 0) is 14.6 Å². The summed E-state index contributed by atoms with van der Waals surface area (Å²) in [5.41, 5.74) is 0. The zero-order valence-electron chi connectivity index (χ0n) is 9.61. The van der Waals surface area contributed by atoms with Crippen molar-refractivity contribution in [1.29, 1.82) is 0 Å². The molecule has 0 bridgehead atoms. The highest BCUT2D eigenvalue weighted by Gasteiger charge is 2.14. The molecule has 1 saturated carbocycles. The summed E-state index contributed by atoms with van der Waals surface area (Å²) < 4.78 is 21.6. The molecule has 1 rings (SSSR count). The Kier molecular flexibility index (Phi) is 4.99. The lowest BCUT2D eigenvalue weighted by molar-refractivity contribution is -0.117. The molecule has 0 aromatic heterocycles. The van der Waals surface area contributed by atoms with Gasteiger partial charge in [-0.05, 0) is 18.9 Å². The highest BCUT2D eigenvalue weighted by molar-refractivity contribution is 7.90. The molecule has 1 amide bonds. The van der Waals surface area contributed by atoms with Gasteiger partial charge in [-0.15, -0.1) is 0 Å². The Hall–Kier alpha value is -0.840. The Labute approximate surface area is 97.0 Å². The molecule has 0 atom stereocenters. The van der Waals surface area contributed by atoms with E-state index in [2.05, 4.69) is 5.32 Å². The predicted octanol–water partition coefficient (Wildman–Crippen LogP) is 1.04. The van der Waals surface area contributed by atoms with Gasteiger partial charge < -0.3 is 5.32 Å². The minimum atomic E-state index is -3.02. The van der Waals surface area contributed by atoms with Gasteiger partial charge in [0.15, 0.2) is 9.84 Å². The molecular formula is C11H19NO3S. The van der Waals surface area contributed by atoms with Gasteiger partial charge in [-0.1, -0.05) is 25.3 Å². The number of hydrogen-bond acceptors (Lipinski definition) is 3. The van der Waals surface area contributed by atoms with Crippen molar-refractivity contribution < 1.29 is 13.2 Å². The zero-order valence-corrected chi connectivity index (χ0v) is 10.4. The average Bonchev–Trinajstić information content (AvgIpc) is 2.17. The van der Waals surface area contributed by atoms with Gasteiger partial charge in [0.2, 0.25) is 5.91 Å². The van der Waals surface area contributed by atoms with E-state index in [-0.39, 0.29) is 17.7 Å². The average molecular weight is 245 g/mol. The highest BCUT2D eigenvalue weighted by Crippen LogP contribution is 2.17. The van der Waals surface area contributed by atoms with Gasteiger partial charge in [-0.25, -0.2) is 8.42 Å². The van der Waals surface area contributed by atoms with E-state index in [1.807, 2.05) is 0 Å². The van der Waals surface area contributed by atoms with Crippen LogP contribution in [0.4, 0.5) is 0 Å². The molecule has 1 fully saturated rings. The minimum absolute atomic E-state index is 0.0783. The van der Waals surface area contributed by atoms with E-state index in [4.69, 9.17) is 0 Å². The van der Waals surface area contributed by atoms with Crippen molar-refractivity contribution in [3.8, 4) is 0 Å². The van der Waals surface area contributed by atoms with Gasteiger partial charge in [0.25, 0.3) is 0 Å². The van der Waals surface area contributed by atoms with E-state index in [0.717, 1.165) is 31.9 Å². The molecule has 1 aliphatic carbocycles. The first-order valence-corrected chi connectivity index (χ1v) is 7.68. The second-order valence-electron chi connectivity index (χ2n) is 4.34. The maximum Gasteiger partial charge on any atom is 0.243 e. The number of hydrogen-bond donors (Lipinski definition) is 1. The predicted molar refractivity (Wildman–Crippen MR) is 63.9 cm³/mol. The molecule has 16 heavy (non-hydrogen) atoms. The van der Waals surface area contributed by atoms with Crippen LogP contribution in [0.15, 0.2) is 12.2 Å². The monoisotopic (exact) mass is 245 g/mol. The molecule has 92 valence electrons. The first kappa shape index (κ1) is 13.2. The second kappa shape index (κ2) is 6.03. The molecule has 0 saturated heterocycles. The van der Waals surface area contributed by atoms with E-state index in [0.29, 0.717) is 0 Å². The quantitative estimate of drug-likeness (QED) is 0.753. The molecule has 0 aromatic rings. The lowest BCUT2D eigenvalue weighted by Crippen LogP contribution is -2.35. The van der Waals surface area contributed by atoms with Crippen molar-refractivity contribution in [3.05, 3.63) is 12.2 Å². The number of amides is 1. The fourth-order valence-electron chi connectivity index (χ4n) is 1.83. The van der Waals surface area contributed by atoms with Crippen LogP contribution >= 0.6 is 0 Å². The van der Waals surface area contributed by atoms with Crippen LogP contribution < -0.4 is 5.32 Å². The third kappa shape index (κ3) is 5.90. The largest absolute Gasteiger partial charge is 0.350 e. The van der Waals surface area contributed by atoms with Crippen LogP contribution in [0.1, 0.15) is 32.1 Å². The summed E-state index contributed by atoms with van der Waals surface area (Å²) in [6.45, 7) is 0. The summed E-state index contributed by atoms with van der Waals surface area (Å²) >= 11 is 0. The molecule has 0 aromatic carbocycles. The number of rotatable bonds is 4. The fraction of sp³-hybridized carbons (Fsp3) is 0.727. The topological polar surface area (TPSA) is 63.2 Å². The molecule has 0 aliphatic heterocycles. The lowest BCUT2D eigenvalue weighted by atomic mass is 9.95. The standard InChI is InChI=1S/C11H19NO3S/c1-16(14,15)9-5-8-11(13)12-10-6-3-2-4-7-10/h5,8,10H,2-4,6-7,9H2,1H3,(H,12,13). The van der Waals surface area contributed by atoms with Crippen LogP contribution in [0.3, 0.4) is 0 Å². The van der Waals surface area contributed by atoms with Gasteiger partial charge in [-0.2, -0.15) is 0 Å². The SMILES string of the molecule is CS(=O)(=O)CC=CC(=O)NC1CCCCC1. The Morgan fingerprint density at radius 1 is 1.31 bits per heavy atom. The molecule has 5 heteroatoms. The third-order valence-electron chi connectivity index (χ3n) is 2.62. The molecular weight excluding hydrogens is 226 g/mol. The smallest absolute Gasteiger partial charge is 0.243 e. The maximum atomic E-state index is 11.4. The van der Waals surface area contributed by atoms with Crippen LogP contribution in [0.5, 0.6) is 0 Å². The van der Waals surface area contributed by atoms with Gasteiger partial charge in [0, 0.05) is 12.3 Å². The van der Waals surface area contributed by atoms with Crippen molar-refractivity contribution in [3.63, 3.8) is 0 Å². The number of nitrogens with one attached hydrogen (secondary N) is 1. The summed E-state index contributed by atoms with van der Waals surface area (Å²) in [4.78, 5) is 11.4. The van der Waals surface area contributed by atoms with E-state index >= 15 is 0 Å². The number of carbonyl (C=O) groups excluding carboxylic acids is 1. The third-order valence-corrected chi connectivity index (χ3v) is 3.42. The van der Waals surface area contributed by atoms with Gasteiger partial charge in [0.05, 0.1) is 5.75 Å². The summed E-state index contributed by atoms with van der Waals surface area (Å²) in [7, 11) is -3.02. The fourth-order valence-corrected chi connectivity index (χ4v) is 2.27. The van der Waals surface area contributed by atoms with Crippen molar-refractivity contribution in [2.75, 3.05) is 12.0 Å². The van der Waals surface area contributed by atoms with Crippen molar-refractivity contribution in [2.24, 2.45) is 0 Å². The zero-order chi connectivity index (χ0) is 12.0. The van der Waals surface area contributed by atoms with Gasteiger partial charge in [0.1, 0.15) is 0 Å². The molecule has 0 heterocycles. The van der Waals surface area contributed by atoms with Crippen molar-refractivity contribution in [2.45, 2.75) is 38.1 Å². The molecule has 0 spiro atoms. The first-order chi connectivity index (χ1) is 7.47. The molecule has 1 N–H and O–H groups in total. The summed E-state index contributed by atoms with van der Waals surface area (Å²) in [6, 6.07) is 0.268. The van der Waals surface area contributed by atoms with Crippen molar-refractivity contribution in [1.82, 2.24) is 5.32 Å². The van der Waals surface area contributed by atoms with E-state index in [1.54, 1.807) is 0 Å². The first-order valence-electron chi connectivity index (χ1n) is 5.62. The summed E-state index contributed by atoms with van der Waals surface area (Å²) in [5, 5.41) is 2.88. The Morgan fingerprint density at radius 2 is 1.94 bits per heavy atom. The number of sulfone groups is 1. The van der Waals surface area contributed by atoms with Crippen LogP contribution in [-0.4, -0.2) is 32.4 Å². The normalized spacial score (nSPS) is 18.8. The second-order valence-corrected chi connectivity index (χ2v) is 6.52. The Balaban J connectivity index is 2.29. The van der Waals surface area contributed by atoms with Crippen molar-refractivity contribution >= 4 is 15.7 Å². The molecule has 0 radical (unpaired) electrons. The van der Waals surface area contributed by atoms with Gasteiger partial charge >= 0.3 is 0 Å². The van der Waals surface area contributed by atoms with Gasteiger partial charge in [-0.3, -0.25) is 4.79 Å². The van der Waals surface area contributed by atoms with E-state index in [1.165, 1.54) is 18.6 Å². The minimum Gasteiger partial charge on any atom is -0.350 e. The van der Waals surface area contributed by atoms with Crippen LogP contribution in [0.25, 0.3) is 0 Å². The van der Waals surface area contributed by atoms with E-state index < -0.39 is 9.84 Å². The molecule has 0 unspecified atom stereocenters. The Morgan fingerprint density at radius 3 is 2.50 bits per heavy atom. The maximum absolute atomic E-state index is 11.4. The molecule has 1 aliphatic rings. The van der Waals surface area contributed by atoms with Crippen LogP contribution in [0.2, 0.25) is 0 Å². The summed E-state index contributed by atoms with van der Waals surface area (Å²) in [5.74, 6) is -0.263. The number of carbonyl (C=O) groups is 1. The summed E-state index contributed by atoms with van der Waals surface area (Å²) in [6.07, 6.45) is 9.50. The lowest BCUT2D eigenvalue weighted by Gasteiger charge is -2.21. The highest BCUT2D eigenvalue weighted by atomic mass is 32.2. The Bertz CT molecular complexity index is 353. The van der Waals surface area contributed by atoms with E-state index in [9.17, 15) is 13.2 Å². The van der Waals surface area contributed by atoms with Crippen LogP contribution in [0, 0.1) is 0 Å². The molecule has 4 nitrogen and oxygen atoms in total.